The summed E-state index contributed by atoms with van der Waals surface area (Å²) in [7, 11) is 0. The molecule has 1 N–H and O–H groups in total. The van der Waals surface area contributed by atoms with Crippen LogP contribution in [0.15, 0.2) is 41.0 Å². The molecule has 0 amide bonds. The van der Waals surface area contributed by atoms with E-state index in [1.807, 2.05) is 37.3 Å². The Morgan fingerprint density at radius 3 is 2.67 bits per heavy atom. The van der Waals surface area contributed by atoms with Crippen molar-refractivity contribution in [1.82, 2.24) is 4.98 Å². The summed E-state index contributed by atoms with van der Waals surface area (Å²) in [6, 6.07) is 9.23. The number of hydrogen-bond acceptors (Lipinski definition) is 3. The lowest BCUT2D eigenvalue weighted by Gasteiger charge is -2.11. The first-order valence-corrected chi connectivity index (χ1v) is 6.44. The van der Waals surface area contributed by atoms with Crippen LogP contribution in [0.1, 0.15) is 24.3 Å². The van der Waals surface area contributed by atoms with E-state index in [9.17, 15) is 5.11 Å². The molecule has 1 unspecified atom stereocenters. The lowest BCUT2D eigenvalue weighted by Crippen LogP contribution is -1.94. The first kappa shape index (κ1) is 13.1. The largest absolute Gasteiger partial charge is 0.454 e. The maximum absolute atomic E-state index is 9.50. The number of halogens is 1. The van der Waals surface area contributed by atoms with Gasteiger partial charge >= 0.3 is 0 Å². The minimum absolute atomic E-state index is 0.490. The summed E-state index contributed by atoms with van der Waals surface area (Å²) in [5.41, 5.74) is 1.68. The van der Waals surface area contributed by atoms with Crippen molar-refractivity contribution >= 4 is 15.9 Å². The number of pyridine rings is 1. The van der Waals surface area contributed by atoms with E-state index in [-0.39, 0.29) is 0 Å². The molecular weight excluding hydrogens is 294 g/mol. The molecule has 0 spiro atoms. The van der Waals surface area contributed by atoms with E-state index in [1.165, 1.54) is 0 Å². The van der Waals surface area contributed by atoms with Crippen LogP contribution in [0.5, 0.6) is 11.5 Å². The highest BCUT2D eigenvalue weighted by Crippen LogP contribution is 2.32. The van der Waals surface area contributed by atoms with E-state index < -0.39 is 6.10 Å². The second-order valence-corrected chi connectivity index (χ2v) is 4.91. The summed E-state index contributed by atoms with van der Waals surface area (Å²) in [6.07, 6.45) is 1.24. The van der Waals surface area contributed by atoms with Crippen molar-refractivity contribution in [3.05, 3.63) is 52.3 Å². The molecule has 0 aliphatic carbocycles. The highest BCUT2D eigenvalue weighted by Gasteiger charge is 2.08. The van der Waals surface area contributed by atoms with E-state index in [4.69, 9.17) is 4.74 Å². The average Bonchev–Trinajstić information content (AvgIpc) is 2.34. The Hall–Kier alpha value is -1.39. The third-order valence-electron chi connectivity index (χ3n) is 2.62. The van der Waals surface area contributed by atoms with Gasteiger partial charge in [0.1, 0.15) is 11.5 Å². The molecule has 1 heterocycles. The molecule has 0 aliphatic rings. The van der Waals surface area contributed by atoms with Crippen LogP contribution in [-0.4, -0.2) is 10.1 Å². The third-order valence-corrected chi connectivity index (χ3v) is 3.24. The molecule has 0 fully saturated rings. The number of aromatic nitrogens is 1. The van der Waals surface area contributed by atoms with Gasteiger partial charge in [0.15, 0.2) is 0 Å². The molecule has 4 heteroatoms. The predicted molar refractivity (Wildman–Crippen MR) is 73.8 cm³/mol. The monoisotopic (exact) mass is 307 g/mol. The molecule has 0 radical (unpaired) electrons. The summed E-state index contributed by atoms with van der Waals surface area (Å²) < 4.78 is 6.59. The molecule has 0 saturated carbocycles. The number of aliphatic hydroxyl groups excluding tert-OH is 1. The Bertz CT molecular complexity index is 555. The number of ether oxygens (including phenoxy) is 1. The van der Waals surface area contributed by atoms with Crippen LogP contribution >= 0.6 is 15.9 Å². The predicted octanol–water partition coefficient (Wildman–Crippen LogP) is 4.00. The minimum Gasteiger partial charge on any atom is -0.454 e. The zero-order chi connectivity index (χ0) is 13.1. The second-order valence-electron chi connectivity index (χ2n) is 4.05. The highest BCUT2D eigenvalue weighted by molar-refractivity contribution is 9.10. The molecule has 0 bridgehead atoms. The van der Waals surface area contributed by atoms with Crippen LogP contribution < -0.4 is 4.74 Å². The normalized spacial score (nSPS) is 12.2. The van der Waals surface area contributed by atoms with Crippen LogP contribution in [0.4, 0.5) is 0 Å². The van der Waals surface area contributed by atoms with Gasteiger partial charge in [-0.05, 0) is 59.6 Å². The molecular formula is C14H14BrNO2. The summed E-state index contributed by atoms with van der Waals surface area (Å²) >= 11 is 3.44. The van der Waals surface area contributed by atoms with Crippen LogP contribution in [-0.2, 0) is 0 Å². The van der Waals surface area contributed by atoms with Crippen LogP contribution in [0, 0.1) is 6.92 Å². The molecule has 18 heavy (non-hydrogen) atoms. The number of hydrogen-bond donors (Lipinski definition) is 1. The zero-order valence-electron chi connectivity index (χ0n) is 10.2. The summed E-state index contributed by atoms with van der Waals surface area (Å²) in [5, 5.41) is 9.50. The fourth-order valence-electron chi connectivity index (χ4n) is 1.56. The third kappa shape index (κ3) is 2.89. The molecule has 3 nitrogen and oxygen atoms in total. The first-order valence-electron chi connectivity index (χ1n) is 5.65. The fraction of sp³-hybridized carbons (Fsp3) is 0.214. The van der Waals surface area contributed by atoms with Crippen molar-refractivity contribution in [2.24, 2.45) is 0 Å². The van der Waals surface area contributed by atoms with E-state index >= 15 is 0 Å². The average molecular weight is 308 g/mol. The zero-order valence-corrected chi connectivity index (χ0v) is 11.8. The van der Waals surface area contributed by atoms with Gasteiger partial charge in [0, 0.05) is 6.20 Å². The summed E-state index contributed by atoms with van der Waals surface area (Å²) in [4.78, 5) is 4.17. The van der Waals surface area contributed by atoms with E-state index in [1.54, 1.807) is 13.1 Å². The van der Waals surface area contributed by atoms with Crippen LogP contribution in [0.3, 0.4) is 0 Å². The highest BCUT2D eigenvalue weighted by atomic mass is 79.9. The first-order chi connectivity index (χ1) is 8.58. The van der Waals surface area contributed by atoms with Gasteiger partial charge in [-0.2, -0.15) is 0 Å². The Kier molecular flexibility index (Phi) is 3.99. The lowest BCUT2D eigenvalue weighted by atomic mass is 10.1. The van der Waals surface area contributed by atoms with Crippen molar-refractivity contribution in [3.8, 4) is 11.5 Å². The van der Waals surface area contributed by atoms with E-state index in [2.05, 4.69) is 20.9 Å². The molecule has 0 aliphatic heterocycles. The van der Waals surface area contributed by atoms with Gasteiger partial charge in [-0.3, -0.25) is 4.98 Å². The number of aliphatic hydroxyl groups is 1. The number of rotatable bonds is 3. The molecule has 0 saturated heterocycles. The van der Waals surface area contributed by atoms with Gasteiger partial charge in [-0.15, -0.1) is 0 Å². The molecule has 2 aromatic rings. The Labute approximate surface area is 115 Å². The molecule has 94 valence electrons. The maximum atomic E-state index is 9.50. The maximum Gasteiger partial charge on any atom is 0.148 e. The Morgan fingerprint density at radius 1 is 1.28 bits per heavy atom. The topological polar surface area (TPSA) is 42.4 Å². The standard InChI is InChI=1S/C14H14BrNO2/c1-9-13(4-3-7-16-9)18-14-6-5-11(10(2)17)8-12(14)15/h3-8,10,17H,1-2H3. The van der Waals surface area contributed by atoms with Gasteiger partial charge in [-0.1, -0.05) is 6.07 Å². The van der Waals surface area contributed by atoms with Crippen molar-refractivity contribution in [3.63, 3.8) is 0 Å². The SMILES string of the molecule is Cc1ncccc1Oc1ccc(C(C)O)cc1Br. The van der Waals surface area contributed by atoms with E-state index in [0.29, 0.717) is 5.75 Å². The molecule has 1 aromatic heterocycles. The van der Waals surface area contributed by atoms with Crippen molar-refractivity contribution in [1.29, 1.82) is 0 Å². The quantitative estimate of drug-likeness (QED) is 0.932. The number of nitrogens with zero attached hydrogens (tertiary/aromatic N) is 1. The van der Waals surface area contributed by atoms with E-state index in [0.717, 1.165) is 21.5 Å². The van der Waals surface area contributed by atoms with Crippen molar-refractivity contribution in [2.45, 2.75) is 20.0 Å². The molecule has 2 rings (SSSR count). The van der Waals surface area contributed by atoms with Crippen LogP contribution in [0.25, 0.3) is 0 Å². The second kappa shape index (κ2) is 5.50. The van der Waals surface area contributed by atoms with Crippen molar-refractivity contribution < 1.29 is 9.84 Å². The Balaban J connectivity index is 2.28. The number of aryl methyl sites for hydroxylation is 1. The van der Waals surface area contributed by atoms with Gasteiger partial charge in [-0.25, -0.2) is 0 Å². The molecule has 1 atom stereocenters. The van der Waals surface area contributed by atoms with Gasteiger partial charge < -0.3 is 9.84 Å². The number of benzene rings is 1. The van der Waals surface area contributed by atoms with Crippen LogP contribution in [0.2, 0.25) is 0 Å². The van der Waals surface area contributed by atoms with Gasteiger partial charge in [0.05, 0.1) is 16.3 Å². The molecule has 1 aromatic carbocycles. The Morgan fingerprint density at radius 2 is 2.06 bits per heavy atom. The summed E-state index contributed by atoms with van der Waals surface area (Å²) in [5.74, 6) is 1.43. The smallest absolute Gasteiger partial charge is 0.148 e. The fourth-order valence-corrected chi connectivity index (χ4v) is 2.03. The van der Waals surface area contributed by atoms with Crippen molar-refractivity contribution in [2.75, 3.05) is 0 Å². The minimum atomic E-state index is -0.490. The lowest BCUT2D eigenvalue weighted by molar-refractivity contribution is 0.199. The summed E-state index contributed by atoms with van der Waals surface area (Å²) in [6.45, 7) is 3.63. The van der Waals surface area contributed by atoms with Gasteiger partial charge in [0.25, 0.3) is 0 Å². The van der Waals surface area contributed by atoms with Gasteiger partial charge in [0.2, 0.25) is 0 Å².